The lowest BCUT2D eigenvalue weighted by molar-refractivity contribution is 0.509. The van der Waals surface area contributed by atoms with E-state index in [0.717, 1.165) is 6.42 Å². The van der Waals surface area contributed by atoms with E-state index in [1.54, 1.807) is 0 Å². The summed E-state index contributed by atoms with van der Waals surface area (Å²) in [5.41, 5.74) is 11.6. The number of rotatable bonds is 5. The molecule has 1 aromatic rings. The van der Waals surface area contributed by atoms with E-state index in [9.17, 15) is 0 Å². The Morgan fingerprint density at radius 1 is 1.27 bits per heavy atom. The molecule has 3 heteroatoms. The number of thioether (sulfide) groups is 1. The molecule has 0 heterocycles. The van der Waals surface area contributed by atoms with Gasteiger partial charge in [-0.25, -0.2) is 0 Å². The minimum Gasteiger partial charge on any atom is -0.330 e. The van der Waals surface area contributed by atoms with Crippen LogP contribution in [0.15, 0.2) is 35.2 Å². The van der Waals surface area contributed by atoms with E-state index in [2.05, 4.69) is 26.0 Å². The fraction of sp³-hybridized carbons (Fsp3) is 0.500. The Balaban J connectivity index is 2.63. The van der Waals surface area contributed by atoms with Crippen molar-refractivity contribution in [3.05, 3.63) is 30.3 Å². The smallest absolute Gasteiger partial charge is 0.0302 e. The van der Waals surface area contributed by atoms with Crippen LogP contribution in [0.1, 0.15) is 20.3 Å². The second-order valence-corrected chi connectivity index (χ2v) is 5.93. The van der Waals surface area contributed by atoms with Crippen LogP contribution in [-0.2, 0) is 0 Å². The fourth-order valence-electron chi connectivity index (χ4n) is 1.40. The van der Waals surface area contributed by atoms with Crippen molar-refractivity contribution in [1.29, 1.82) is 0 Å². The lowest BCUT2D eigenvalue weighted by atomic mass is 10.0. The van der Waals surface area contributed by atoms with Crippen LogP contribution >= 0.6 is 11.8 Å². The predicted octanol–water partition coefficient (Wildman–Crippen LogP) is 2.23. The number of nitrogens with two attached hydrogens (primary N) is 2. The van der Waals surface area contributed by atoms with Gasteiger partial charge in [-0.3, -0.25) is 0 Å². The molecule has 0 aliphatic carbocycles. The fourth-order valence-corrected chi connectivity index (χ4v) is 2.57. The molecule has 1 atom stereocenters. The first-order chi connectivity index (χ1) is 7.06. The van der Waals surface area contributed by atoms with Gasteiger partial charge in [0.25, 0.3) is 0 Å². The highest BCUT2D eigenvalue weighted by molar-refractivity contribution is 8.00. The summed E-state index contributed by atoms with van der Waals surface area (Å²) in [5.74, 6) is 0. The monoisotopic (exact) mass is 224 g/mol. The van der Waals surface area contributed by atoms with E-state index in [4.69, 9.17) is 11.5 Å². The minimum absolute atomic E-state index is 0.0285. The summed E-state index contributed by atoms with van der Waals surface area (Å²) in [4.78, 5) is 1.26. The molecule has 1 unspecified atom stereocenters. The van der Waals surface area contributed by atoms with E-state index in [1.807, 2.05) is 30.0 Å². The number of hydrogen-bond donors (Lipinski definition) is 2. The molecule has 1 aromatic carbocycles. The molecule has 0 amide bonds. The first-order valence-electron chi connectivity index (χ1n) is 5.26. The molecule has 15 heavy (non-hydrogen) atoms. The van der Waals surface area contributed by atoms with Crippen LogP contribution in [0.25, 0.3) is 0 Å². The molecule has 0 aromatic heterocycles. The maximum atomic E-state index is 6.11. The summed E-state index contributed by atoms with van der Waals surface area (Å²) in [5, 5.41) is 0. The van der Waals surface area contributed by atoms with Gasteiger partial charge in [0.2, 0.25) is 0 Å². The van der Waals surface area contributed by atoms with Gasteiger partial charge in [-0.05, 0) is 38.9 Å². The van der Waals surface area contributed by atoms with Crippen LogP contribution in [0.3, 0.4) is 0 Å². The zero-order valence-corrected chi connectivity index (χ0v) is 10.3. The summed E-state index contributed by atoms with van der Waals surface area (Å²) in [6.45, 7) is 5.00. The molecule has 0 aliphatic heterocycles. The van der Waals surface area contributed by atoms with Gasteiger partial charge in [0.05, 0.1) is 0 Å². The lowest BCUT2D eigenvalue weighted by Crippen LogP contribution is -2.41. The zero-order chi connectivity index (χ0) is 11.3. The van der Waals surface area contributed by atoms with Gasteiger partial charge in [0, 0.05) is 15.7 Å². The molecule has 0 saturated carbocycles. The maximum Gasteiger partial charge on any atom is 0.0302 e. The van der Waals surface area contributed by atoms with Gasteiger partial charge in [-0.15, -0.1) is 11.8 Å². The van der Waals surface area contributed by atoms with Crippen molar-refractivity contribution in [2.45, 2.75) is 36.0 Å². The average molecular weight is 224 g/mol. The first-order valence-corrected chi connectivity index (χ1v) is 6.07. The molecule has 0 spiro atoms. The highest BCUT2D eigenvalue weighted by Gasteiger charge is 2.26. The summed E-state index contributed by atoms with van der Waals surface area (Å²) in [6.07, 6.45) is 0.868. The third-order valence-corrected chi connectivity index (χ3v) is 3.83. The summed E-state index contributed by atoms with van der Waals surface area (Å²) >= 11 is 1.81. The standard InChI is InChI=1S/C12H20N2S/c1-12(2,11(14)8-9-13)15-10-6-4-3-5-7-10/h3-7,11H,8-9,13-14H2,1-2H3. The molecule has 0 aliphatic rings. The quantitative estimate of drug-likeness (QED) is 0.754. The second kappa shape index (κ2) is 5.54. The Morgan fingerprint density at radius 2 is 1.87 bits per heavy atom. The Kier molecular flexibility index (Phi) is 4.64. The normalized spacial score (nSPS) is 13.9. The van der Waals surface area contributed by atoms with Crippen LogP contribution in [0.5, 0.6) is 0 Å². The number of hydrogen-bond acceptors (Lipinski definition) is 3. The van der Waals surface area contributed by atoms with Crippen molar-refractivity contribution in [2.24, 2.45) is 11.5 Å². The average Bonchev–Trinajstić information content (AvgIpc) is 2.19. The van der Waals surface area contributed by atoms with Crippen molar-refractivity contribution >= 4 is 11.8 Å². The minimum atomic E-state index is 0.0285. The molecule has 4 N–H and O–H groups in total. The highest BCUT2D eigenvalue weighted by atomic mass is 32.2. The largest absolute Gasteiger partial charge is 0.330 e. The van der Waals surface area contributed by atoms with Crippen molar-refractivity contribution in [3.63, 3.8) is 0 Å². The Hall–Kier alpha value is -0.510. The van der Waals surface area contributed by atoms with Crippen LogP contribution in [-0.4, -0.2) is 17.3 Å². The van der Waals surface area contributed by atoms with Gasteiger partial charge in [-0.1, -0.05) is 18.2 Å². The molecule has 0 saturated heterocycles. The van der Waals surface area contributed by atoms with Crippen LogP contribution in [0.4, 0.5) is 0 Å². The first kappa shape index (κ1) is 12.6. The zero-order valence-electron chi connectivity index (χ0n) is 9.44. The Bertz CT molecular complexity index is 285. The van der Waals surface area contributed by atoms with E-state index in [-0.39, 0.29) is 10.8 Å². The predicted molar refractivity (Wildman–Crippen MR) is 68.0 cm³/mol. The van der Waals surface area contributed by atoms with Crippen molar-refractivity contribution in [2.75, 3.05) is 6.54 Å². The molecule has 84 valence electrons. The number of benzene rings is 1. The molecule has 0 radical (unpaired) electrons. The van der Waals surface area contributed by atoms with E-state index in [1.165, 1.54) is 4.90 Å². The molecular formula is C12H20N2S. The van der Waals surface area contributed by atoms with Gasteiger partial charge < -0.3 is 11.5 Å². The highest BCUT2D eigenvalue weighted by Crippen LogP contribution is 2.34. The van der Waals surface area contributed by atoms with Gasteiger partial charge >= 0.3 is 0 Å². The molecule has 2 nitrogen and oxygen atoms in total. The Morgan fingerprint density at radius 3 is 2.40 bits per heavy atom. The van der Waals surface area contributed by atoms with E-state index in [0.29, 0.717) is 6.54 Å². The van der Waals surface area contributed by atoms with Crippen molar-refractivity contribution in [1.82, 2.24) is 0 Å². The van der Waals surface area contributed by atoms with Crippen LogP contribution < -0.4 is 11.5 Å². The van der Waals surface area contributed by atoms with Crippen LogP contribution in [0, 0.1) is 0 Å². The molecule has 0 fully saturated rings. The van der Waals surface area contributed by atoms with E-state index < -0.39 is 0 Å². The third-order valence-electron chi connectivity index (χ3n) is 2.49. The Labute approximate surface area is 96.4 Å². The SMILES string of the molecule is CC(C)(Sc1ccccc1)C(N)CCN. The lowest BCUT2D eigenvalue weighted by Gasteiger charge is -2.30. The summed E-state index contributed by atoms with van der Waals surface area (Å²) in [7, 11) is 0. The van der Waals surface area contributed by atoms with E-state index >= 15 is 0 Å². The maximum absolute atomic E-state index is 6.11. The molecular weight excluding hydrogens is 204 g/mol. The molecule has 0 bridgehead atoms. The van der Waals surface area contributed by atoms with Crippen molar-refractivity contribution in [3.8, 4) is 0 Å². The van der Waals surface area contributed by atoms with Crippen LogP contribution in [0.2, 0.25) is 0 Å². The summed E-state index contributed by atoms with van der Waals surface area (Å²) < 4.78 is 0.0285. The topological polar surface area (TPSA) is 52.0 Å². The summed E-state index contributed by atoms with van der Waals surface area (Å²) in [6, 6.07) is 10.5. The second-order valence-electron chi connectivity index (χ2n) is 4.20. The van der Waals surface area contributed by atoms with Gasteiger partial charge in [0.15, 0.2) is 0 Å². The van der Waals surface area contributed by atoms with Gasteiger partial charge in [-0.2, -0.15) is 0 Å². The third kappa shape index (κ3) is 3.86. The van der Waals surface area contributed by atoms with Gasteiger partial charge in [0.1, 0.15) is 0 Å². The van der Waals surface area contributed by atoms with Crippen molar-refractivity contribution < 1.29 is 0 Å². The molecule has 1 rings (SSSR count).